The monoisotopic (exact) mass is 303 g/mol. The van der Waals surface area contributed by atoms with Gasteiger partial charge in [0.2, 0.25) is 0 Å². The van der Waals surface area contributed by atoms with Crippen LogP contribution in [-0.4, -0.2) is 26.3 Å². The molecule has 2 aromatic rings. The summed E-state index contributed by atoms with van der Waals surface area (Å²) in [5, 5.41) is 3.48. The standard InChI is InChI=1S/C18H22FNO2/c1-14-5-6-17(22-14)7-9-20-12-18(8-10-21-13-18)15-3-2-4-16(19)11-15/h2-6,11,20H,7-10,12-13H2,1H3. The number of nitrogens with one attached hydrogen (secondary N) is 1. The first kappa shape index (κ1) is 15.3. The maximum atomic E-state index is 13.5. The average Bonchev–Trinajstić information content (AvgIpc) is 3.14. The van der Waals surface area contributed by atoms with Gasteiger partial charge in [-0.2, -0.15) is 0 Å². The fraction of sp³-hybridized carbons (Fsp3) is 0.444. The third-order valence-corrected chi connectivity index (χ3v) is 4.35. The number of hydrogen-bond acceptors (Lipinski definition) is 3. The zero-order valence-electron chi connectivity index (χ0n) is 12.9. The highest BCUT2D eigenvalue weighted by molar-refractivity contribution is 5.28. The zero-order chi connectivity index (χ0) is 15.4. The van der Waals surface area contributed by atoms with E-state index in [0.29, 0.717) is 6.61 Å². The summed E-state index contributed by atoms with van der Waals surface area (Å²) in [6, 6.07) is 10.9. The Morgan fingerprint density at radius 2 is 2.18 bits per heavy atom. The van der Waals surface area contributed by atoms with Crippen LogP contribution in [0.4, 0.5) is 4.39 Å². The van der Waals surface area contributed by atoms with Crippen molar-refractivity contribution in [3.05, 3.63) is 59.3 Å². The summed E-state index contributed by atoms with van der Waals surface area (Å²) in [7, 11) is 0. The van der Waals surface area contributed by atoms with Crippen LogP contribution < -0.4 is 5.32 Å². The molecule has 0 amide bonds. The van der Waals surface area contributed by atoms with E-state index < -0.39 is 0 Å². The molecule has 3 rings (SSSR count). The van der Waals surface area contributed by atoms with Gasteiger partial charge >= 0.3 is 0 Å². The van der Waals surface area contributed by atoms with Crippen molar-refractivity contribution in [2.75, 3.05) is 26.3 Å². The number of halogens is 1. The SMILES string of the molecule is Cc1ccc(CCNCC2(c3cccc(F)c3)CCOC2)o1. The highest BCUT2D eigenvalue weighted by atomic mass is 19.1. The van der Waals surface area contributed by atoms with Gasteiger partial charge in [0.05, 0.1) is 6.61 Å². The number of rotatable bonds is 6. The average molecular weight is 303 g/mol. The molecule has 0 bridgehead atoms. The fourth-order valence-electron chi connectivity index (χ4n) is 3.05. The molecule has 118 valence electrons. The molecule has 1 aliphatic heterocycles. The summed E-state index contributed by atoms with van der Waals surface area (Å²) in [6.07, 6.45) is 1.78. The molecule has 0 radical (unpaired) electrons. The zero-order valence-corrected chi connectivity index (χ0v) is 12.9. The Morgan fingerprint density at radius 3 is 2.86 bits per heavy atom. The molecule has 1 aromatic carbocycles. The predicted octanol–water partition coefficient (Wildman–Crippen LogP) is 3.22. The van der Waals surface area contributed by atoms with Crippen molar-refractivity contribution in [3.8, 4) is 0 Å². The molecule has 0 aliphatic carbocycles. The Kier molecular flexibility index (Phi) is 4.60. The molecule has 0 spiro atoms. The lowest BCUT2D eigenvalue weighted by Crippen LogP contribution is -2.39. The summed E-state index contributed by atoms with van der Waals surface area (Å²) < 4.78 is 24.7. The van der Waals surface area contributed by atoms with Gasteiger partial charge in [0, 0.05) is 31.5 Å². The van der Waals surface area contributed by atoms with Crippen LogP contribution in [-0.2, 0) is 16.6 Å². The first-order chi connectivity index (χ1) is 10.7. The molecule has 2 heterocycles. The molecule has 1 aliphatic rings. The van der Waals surface area contributed by atoms with E-state index in [9.17, 15) is 4.39 Å². The Balaban J connectivity index is 1.60. The van der Waals surface area contributed by atoms with Gasteiger partial charge in [-0.1, -0.05) is 12.1 Å². The van der Waals surface area contributed by atoms with Crippen molar-refractivity contribution in [2.45, 2.75) is 25.2 Å². The summed E-state index contributed by atoms with van der Waals surface area (Å²) in [6.45, 7) is 4.95. The molecule has 3 nitrogen and oxygen atoms in total. The summed E-state index contributed by atoms with van der Waals surface area (Å²) in [4.78, 5) is 0. The van der Waals surface area contributed by atoms with Crippen molar-refractivity contribution in [1.82, 2.24) is 5.32 Å². The van der Waals surface area contributed by atoms with Crippen LogP contribution in [0.5, 0.6) is 0 Å². The second-order valence-corrected chi connectivity index (χ2v) is 6.03. The minimum absolute atomic E-state index is 0.124. The first-order valence-corrected chi connectivity index (χ1v) is 7.78. The number of aryl methyl sites for hydroxylation is 1. The topological polar surface area (TPSA) is 34.4 Å². The van der Waals surface area contributed by atoms with Gasteiger partial charge in [-0.05, 0) is 43.2 Å². The van der Waals surface area contributed by atoms with Crippen LogP contribution in [0.15, 0.2) is 40.8 Å². The van der Waals surface area contributed by atoms with Crippen molar-refractivity contribution < 1.29 is 13.5 Å². The van der Waals surface area contributed by atoms with E-state index in [-0.39, 0.29) is 11.2 Å². The van der Waals surface area contributed by atoms with E-state index in [4.69, 9.17) is 9.15 Å². The number of benzene rings is 1. The molecular formula is C18H22FNO2. The number of furan rings is 1. The molecule has 4 heteroatoms. The molecular weight excluding hydrogens is 281 g/mol. The van der Waals surface area contributed by atoms with Crippen LogP contribution >= 0.6 is 0 Å². The molecule has 0 saturated carbocycles. The fourth-order valence-corrected chi connectivity index (χ4v) is 3.05. The van der Waals surface area contributed by atoms with Crippen molar-refractivity contribution >= 4 is 0 Å². The van der Waals surface area contributed by atoms with Crippen LogP contribution in [0.1, 0.15) is 23.5 Å². The lowest BCUT2D eigenvalue weighted by molar-refractivity contribution is 0.176. The molecule has 22 heavy (non-hydrogen) atoms. The second kappa shape index (κ2) is 6.63. The maximum Gasteiger partial charge on any atom is 0.123 e. The highest BCUT2D eigenvalue weighted by Gasteiger charge is 2.36. The van der Waals surface area contributed by atoms with Gasteiger partial charge in [0.15, 0.2) is 0 Å². The molecule has 1 N–H and O–H groups in total. The number of hydrogen-bond donors (Lipinski definition) is 1. The normalized spacial score (nSPS) is 21.4. The minimum atomic E-state index is -0.185. The Bertz CT molecular complexity index is 617. The molecule has 1 atom stereocenters. The first-order valence-electron chi connectivity index (χ1n) is 7.78. The molecule has 1 saturated heterocycles. The van der Waals surface area contributed by atoms with E-state index in [1.807, 2.05) is 25.1 Å². The summed E-state index contributed by atoms with van der Waals surface area (Å²) >= 11 is 0. The largest absolute Gasteiger partial charge is 0.466 e. The third-order valence-electron chi connectivity index (χ3n) is 4.35. The summed E-state index contributed by atoms with van der Waals surface area (Å²) in [5.74, 6) is 1.75. The van der Waals surface area contributed by atoms with Crippen molar-refractivity contribution in [3.63, 3.8) is 0 Å². The molecule has 1 fully saturated rings. The van der Waals surface area contributed by atoms with Gasteiger partial charge in [-0.15, -0.1) is 0 Å². The van der Waals surface area contributed by atoms with Crippen molar-refractivity contribution in [1.29, 1.82) is 0 Å². The van der Waals surface area contributed by atoms with E-state index in [1.165, 1.54) is 6.07 Å². The predicted molar refractivity (Wildman–Crippen MR) is 83.5 cm³/mol. The Morgan fingerprint density at radius 1 is 1.27 bits per heavy atom. The lowest BCUT2D eigenvalue weighted by Gasteiger charge is -2.28. The smallest absolute Gasteiger partial charge is 0.123 e. The quantitative estimate of drug-likeness (QED) is 0.832. The number of ether oxygens (including phenoxy) is 1. The van der Waals surface area contributed by atoms with Crippen LogP contribution in [0.2, 0.25) is 0 Å². The van der Waals surface area contributed by atoms with Gasteiger partial charge in [0.25, 0.3) is 0 Å². The maximum absolute atomic E-state index is 13.5. The van der Waals surface area contributed by atoms with Gasteiger partial charge in [-0.3, -0.25) is 0 Å². The minimum Gasteiger partial charge on any atom is -0.466 e. The van der Waals surface area contributed by atoms with Crippen LogP contribution in [0.3, 0.4) is 0 Å². The Labute approximate surface area is 130 Å². The van der Waals surface area contributed by atoms with E-state index in [2.05, 4.69) is 5.32 Å². The van der Waals surface area contributed by atoms with Crippen LogP contribution in [0.25, 0.3) is 0 Å². The van der Waals surface area contributed by atoms with Gasteiger partial charge in [-0.25, -0.2) is 4.39 Å². The molecule has 1 aromatic heterocycles. The van der Waals surface area contributed by atoms with Gasteiger partial charge in [0.1, 0.15) is 17.3 Å². The highest BCUT2D eigenvalue weighted by Crippen LogP contribution is 2.33. The van der Waals surface area contributed by atoms with Crippen molar-refractivity contribution in [2.24, 2.45) is 0 Å². The van der Waals surface area contributed by atoms with Gasteiger partial charge < -0.3 is 14.5 Å². The summed E-state index contributed by atoms with van der Waals surface area (Å²) in [5.41, 5.74) is 0.896. The van der Waals surface area contributed by atoms with E-state index in [1.54, 1.807) is 12.1 Å². The second-order valence-electron chi connectivity index (χ2n) is 6.03. The molecule has 1 unspecified atom stereocenters. The van der Waals surface area contributed by atoms with E-state index in [0.717, 1.165) is 49.6 Å². The van der Waals surface area contributed by atoms with Crippen LogP contribution in [0, 0.1) is 12.7 Å². The van der Waals surface area contributed by atoms with E-state index >= 15 is 0 Å². The Hall–Kier alpha value is -1.65. The lowest BCUT2D eigenvalue weighted by atomic mass is 9.79. The third kappa shape index (κ3) is 3.39.